The van der Waals surface area contributed by atoms with Crippen molar-refractivity contribution in [2.45, 2.75) is 6.92 Å². The van der Waals surface area contributed by atoms with Crippen LogP contribution in [-0.2, 0) is 0 Å². The molecule has 0 aliphatic rings. The maximum atomic E-state index is 13.4. The lowest BCUT2D eigenvalue weighted by atomic mass is 10.0. The largest absolute Gasteiger partial charge is 0.313 e. The minimum atomic E-state index is -0.404. The normalized spacial score (nSPS) is 11.6. The molecule has 0 saturated heterocycles. The van der Waals surface area contributed by atoms with Crippen LogP contribution in [0.15, 0.2) is 101 Å². The van der Waals surface area contributed by atoms with Crippen molar-refractivity contribution >= 4 is 39.1 Å². The standard InChI is InChI=1S/C29H19FN4O2S/c1-18-22(24-9-5-6-14-33(24)26(18)27(35)20-10-12-21(30)13-11-20)15-32-34-17-31-28-25(29(34)36)23(16-37-28)19-7-3-2-4-8-19/h2-17H,1H3/b32-15-. The van der Waals surface area contributed by atoms with E-state index < -0.39 is 5.82 Å². The van der Waals surface area contributed by atoms with E-state index in [9.17, 15) is 14.0 Å². The number of hydrogen-bond donors (Lipinski definition) is 0. The Balaban J connectivity index is 1.46. The number of carbonyl (C=O) groups excluding carboxylic acids is 1. The van der Waals surface area contributed by atoms with Gasteiger partial charge in [-0.3, -0.25) is 9.59 Å². The Morgan fingerprint density at radius 3 is 2.57 bits per heavy atom. The van der Waals surface area contributed by atoms with Crippen molar-refractivity contribution < 1.29 is 9.18 Å². The Hall–Kier alpha value is -4.69. The van der Waals surface area contributed by atoms with E-state index in [2.05, 4.69) is 10.1 Å². The zero-order valence-electron chi connectivity index (χ0n) is 19.6. The van der Waals surface area contributed by atoms with Crippen LogP contribution in [0.5, 0.6) is 0 Å². The molecule has 0 saturated carbocycles. The third-order valence-electron chi connectivity index (χ3n) is 6.33. The number of nitrogens with zero attached hydrogens (tertiary/aromatic N) is 4. The molecule has 0 atom stereocenters. The molecular weight excluding hydrogens is 487 g/mol. The Morgan fingerprint density at radius 2 is 1.78 bits per heavy atom. The number of halogens is 1. The highest BCUT2D eigenvalue weighted by Gasteiger charge is 2.21. The van der Waals surface area contributed by atoms with Crippen LogP contribution in [0.3, 0.4) is 0 Å². The van der Waals surface area contributed by atoms with Gasteiger partial charge in [-0.25, -0.2) is 9.37 Å². The highest BCUT2D eigenvalue weighted by atomic mass is 32.1. The summed E-state index contributed by atoms with van der Waals surface area (Å²) in [6, 6.07) is 20.8. The second kappa shape index (κ2) is 9.07. The van der Waals surface area contributed by atoms with Crippen LogP contribution < -0.4 is 5.56 Å². The molecule has 2 aromatic carbocycles. The minimum Gasteiger partial charge on any atom is -0.313 e. The van der Waals surface area contributed by atoms with Gasteiger partial charge in [0.15, 0.2) is 0 Å². The molecular formula is C29H19FN4O2S. The number of hydrogen-bond acceptors (Lipinski definition) is 5. The third kappa shape index (κ3) is 3.88. The molecule has 6 nitrogen and oxygen atoms in total. The van der Waals surface area contributed by atoms with Crippen molar-refractivity contribution in [1.29, 1.82) is 0 Å². The van der Waals surface area contributed by atoms with Crippen LogP contribution in [-0.4, -0.2) is 26.1 Å². The molecule has 4 aromatic heterocycles. The fourth-order valence-electron chi connectivity index (χ4n) is 4.49. The number of carbonyl (C=O) groups is 1. The SMILES string of the molecule is Cc1c(/C=N\n2cnc3scc(-c4ccccc4)c3c2=O)c2ccccn2c1C(=O)c1ccc(F)cc1. The zero-order valence-corrected chi connectivity index (χ0v) is 20.4. The van der Waals surface area contributed by atoms with Crippen molar-refractivity contribution in [3.05, 3.63) is 129 Å². The molecule has 0 aliphatic carbocycles. The maximum Gasteiger partial charge on any atom is 0.283 e. The van der Waals surface area contributed by atoms with Gasteiger partial charge in [0.2, 0.25) is 5.78 Å². The molecule has 0 amide bonds. The third-order valence-corrected chi connectivity index (χ3v) is 7.22. The van der Waals surface area contributed by atoms with Gasteiger partial charge in [-0.05, 0) is 54.4 Å². The first-order chi connectivity index (χ1) is 18.0. The van der Waals surface area contributed by atoms with Crippen molar-refractivity contribution in [1.82, 2.24) is 14.1 Å². The summed E-state index contributed by atoms with van der Waals surface area (Å²) in [4.78, 5) is 31.9. The Labute approximate surface area is 214 Å². The van der Waals surface area contributed by atoms with Gasteiger partial charge in [0, 0.05) is 28.3 Å². The van der Waals surface area contributed by atoms with E-state index >= 15 is 0 Å². The summed E-state index contributed by atoms with van der Waals surface area (Å²) in [5.41, 5.74) is 4.48. The van der Waals surface area contributed by atoms with Gasteiger partial charge in [-0.15, -0.1) is 11.3 Å². The van der Waals surface area contributed by atoms with Crippen molar-refractivity contribution in [2.75, 3.05) is 0 Å². The number of benzene rings is 2. The lowest BCUT2D eigenvalue weighted by molar-refractivity contribution is 0.103. The number of rotatable bonds is 5. The van der Waals surface area contributed by atoms with Gasteiger partial charge in [0.1, 0.15) is 17.0 Å². The Morgan fingerprint density at radius 1 is 1.03 bits per heavy atom. The average molecular weight is 507 g/mol. The van der Waals surface area contributed by atoms with Crippen molar-refractivity contribution in [3.8, 4) is 11.1 Å². The number of pyridine rings is 1. The van der Waals surface area contributed by atoms with Gasteiger partial charge >= 0.3 is 0 Å². The van der Waals surface area contributed by atoms with Gasteiger partial charge < -0.3 is 4.40 Å². The van der Waals surface area contributed by atoms with E-state index in [1.165, 1.54) is 46.6 Å². The lowest BCUT2D eigenvalue weighted by Gasteiger charge is -2.04. The minimum absolute atomic E-state index is 0.232. The molecule has 0 N–H and O–H groups in total. The van der Waals surface area contributed by atoms with Crippen LogP contribution in [0.1, 0.15) is 27.2 Å². The first-order valence-corrected chi connectivity index (χ1v) is 12.4. The van der Waals surface area contributed by atoms with Crippen LogP contribution in [0.4, 0.5) is 4.39 Å². The van der Waals surface area contributed by atoms with Gasteiger partial charge in [-0.2, -0.15) is 9.78 Å². The summed E-state index contributed by atoms with van der Waals surface area (Å²) in [5.74, 6) is -0.637. The molecule has 180 valence electrons. The molecule has 0 aliphatic heterocycles. The van der Waals surface area contributed by atoms with Gasteiger partial charge in [-0.1, -0.05) is 36.4 Å². The van der Waals surface area contributed by atoms with E-state index in [1.54, 1.807) is 16.8 Å². The predicted molar refractivity (Wildman–Crippen MR) is 144 cm³/mol. The summed E-state index contributed by atoms with van der Waals surface area (Å²) in [6.45, 7) is 1.84. The van der Waals surface area contributed by atoms with E-state index in [0.717, 1.165) is 16.6 Å². The Kier molecular flexibility index (Phi) is 5.58. The second-order valence-corrected chi connectivity index (χ2v) is 9.37. The monoisotopic (exact) mass is 506 g/mol. The molecule has 8 heteroatoms. The molecule has 4 heterocycles. The summed E-state index contributed by atoms with van der Waals surface area (Å²) in [7, 11) is 0. The summed E-state index contributed by atoms with van der Waals surface area (Å²) >= 11 is 1.42. The van der Waals surface area contributed by atoms with Gasteiger partial charge in [0.25, 0.3) is 5.56 Å². The zero-order chi connectivity index (χ0) is 25.5. The predicted octanol–water partition coefficient (Wildman–Crippen LogP) is 5.94. The smallest absolute Gasteiger partial charge is 0.283 e. The first kappa shape index (κ1) is 22.8. The van der Waals surface area contributed by atoms with Crippen LogP contribution in [0, 0.1) is 12.7 Å². The number of fused-ring (bicyclic) bond motifs is 2. The number of ketones is 1. The van der Waals surface area contributed by atoms with Crippen LogP contribution in [0.2, 0.25) is 0 Å². The van der Waals surface area contributed by atoms with Gasteiger partial charge in [0.05, 0.1) is 22.8 Å². The van der Waals surface area contributed by atoms with Crippen molar-refractivity contribution in [2.24, 2.45) is 5.10 Å². The average Bonchev–Trinajstić information content (AvgIpc) is 3.48. The topological polar surface area (TPSA) is 68.7 Å². The van der Waals surface area contributed by atoms with E-state index in [1.807, 2.05) is 60.8 Å². The molecule has 0 spiro atoms. The van der Waals surface area contributed by atoms with E-state index in [4.69, 9.17) is 0 Å². The second-order valence-electron chi connectivity index (χ2n) is 8.51. The number of thiophene rings is 1. The fraction of sp³-hybridized carbons (Fsp3) is 0.0345. The number of aromatic nitrogens is 3. The molecule has 37 heavy (non-hydrogen) atoms. The lowest BCUT2D eigenvalue weighted by Crippen LogP contribution is -2.16. The molecule has 0 radical (unpaired) electrons. The first-order valence-electron chi connectivity index (χ1n) is 11.5. The van der Waals surface area contributed by atoms with E-state index in [-0.39, 0.29) is 11.3 Å². The Bertz CT molecular complexity index is 1880. The van der Waals surface area contributed by atoms with Crippen molar-refractivity contribution in [3.63, 3.8) is 0 Å². The maximum absolute atomic E-state index is 13.4. The van der Waals surface area contributed by atoms with Crippen LogP contribution >= 0.6 is 11.3 Å². The molecule has 6 rings (SSSR count). The molecule has 0 bridgehead atoms. The highest BCUT2D eigenvalue weighted by Crippen LogP contribution is 2.30. The van der Waals surface area contributed by atoms with E-state index in [0.29, 0.717) is 32.6 Å². The molecule has 0 fully saturated rings. The van der Waals surface area contributed by atoms with Crippen LogP contribution in [0.25, 0.3) is 26.9 Å². The highest BCUT2D eigenvalue weighted by molar-refractivity contribution is 7.17. The molecule has 6 aromatic rings. The summed E-state index contributed by atoms with van der Waals surface area (Å²) < 4.78 is 16.4. The molecule has 0 unspecified atom stereocenters. The summed E-state index contributed by atoms with van der Waals surface area (Å²) in [6.07, 6.45) is 4.79. The fourth-order valence-corrected chi connectivity index (χ4v) is 5.40. The quantitative estimate of drug-likeness (QED) is 0.215. The summed E-state index contributed by atoms with van der Waals surface area (Å²) in [5, 5.41) is 6.90.